The molecule has 0 spiro atoms. The Labute approximate surface area is 141 Å². The molecular weight excluding hydrogens is 318 g/mol. The lowest BCUT2D eigenvalue weighted by atomic mass is 10.1. The SMILES string of the molecule is N#Cc1c(NC(=O)CN2CCCCCC2)sc2c1CCC2.[Cl-]. The van der Waals surface area contributed by atoms with Crippen LogP contribution in [0.15, 0.2) is 0 Å². The average Bonchev–Trinajstić information content (AvgIpc) is 2.92. The van der Waals surface area contributed by atoms with Crippen molar-refractivity contribution in [3.8, 4) is 6.07 Å². The molecule has 0 bridgehead atoms. The fourth-order valence-electron chi connectivity index (χ4n) is 3.27. The van der Waals surface area contributed by atoms with E-state index >= 15 is 0 Å². The molecule has 1 aromatic rings. The minimum atomic E-state index is 0. The van der Waals surface area contributed by atoms with Crippen LogP contribution in [-0.4, -0.2) is 30.4 Å². The van der Waals surface area contributed by atoms with E-state index in [2.05, 4.69) is 16.3 Å². The van der Waals surface area contributed by atoms with Crippen molar-refractivity contribution in [1.29, 1.82) is 5.26 Å². The molecular formula is C16H21ClN3OS-. The van der Waals surface area contributed by atoms with Crippen LogP contribution in [0.3, 0.4) is 0 Å². The first-order valence-electron chi connectivity index (χ1n) is 7.85. The van der Waals surface area contributed by atoms with Gasteiger partial charge in [-0.3, -0.25) is 9.69 Å². The van der Waals surface area contributed by atoms with Gasteiger partial charge in [0.25, 0.3) is 0 Å². The van der Waals surface area contributed by atoms with Gasteiger partial charge in [0.15, 0.2) is 0 Å². The molecule has 1 aromatic heterocycles. The molecule has 0 aromatic carbocycles. The Morgan fingerprint density at radius 3 is 2.59 bits per heavy atom. The van der Waals surface area contributed by atoms with Crippen LogP contribution in [0.2, 0.25) is 0 Å². The fraction of sp³-hybridized carbons (Fsp3) is 0.625. The lowest BCUT2D eigenvalue weighted by molar-refractivity contribution is -0.117. The van der Waals surface area contributed by atoms with Gasteiger partial charge in [-0.15, -0.1) is 11.3 Å². The van der Waals surface area contributed by atoms with Crippen LogP contribution in [0.1, 0.15) is 48.1 Å². The lowest BCUT2D eigenvalue weighted by Crippen LogP contribution is -3.00. The summed E-state index contributed by atoms with van der Waals surface area (Å²) in [6, 6.07) is 2.28. The van der Waals surface area contributed by atoms with Crippen molar-refractivity contribution in [2.45, 2.75) is 44.9 Å². The number of halogens is 1. The summed E-state index contributed by atoms with van der Waals surface area (Å²) in [5.41, 5.74) is 1.88. The molecule has 0 atom stereocenters. The molecule has 0 radical (unpaired) electrons. The van der Waals surface area contributed by atoms with E-state index in [-0.39, 0.29) is 18.3 Å². The largest absolute Gasteiger partial charge is 1.00 e. The summed E-state index contributed by atoms with van der Waals surface area (Å²) in [5.74, 6) is 0.0216. The molecule has 0 saturated carbocycles. The van der Waals surface area contributed by atoms with Crippen LogP contribution in [0.4, 0.5) is 5.00 Å². The normalized spacial score (nSPS) is 18.0. The maximum absolute atomic E-state index is 12.2. The zero-order chi connectivity index (χ0) is 14.7. The first-order chi connectivity index (χ1) is 10.3. The monoisotopic (exact) mass is 338 g/mol. The van der Waals surface area contributed by atoms with Gasteiger partial charge in [-0.25, -0.2) is 0 Å². The third-order valence-electron chi connectivity index (χ3n) is 4.35. The van der Waals surface area contributed by atoms with Crippen molar-refractivity contribution < 1.29 is 17.2 Å². The molecule has 120 valence electrons. The first kappa shape index (κ1) is 17.3. The summed E-state index contributed by atoms with van der Waals surface area (Å²) in [6.45, 7) is 2.48. The molecule has 3 rings (SSSR count). The van der Waals surface area contributed by atoms with Gasteiger partial charge in [-0.2, -0.15) is 5.26 Å². The molecule has 4 nitrogen and oxygen atoms in total. The van der Waals surface area contributed by atoms with Crippen LogP contribution >= 0.6 is 11.3 Å². The summed E-state index contributed by atoms with van der Waals surface area (Å²) >= 11 is 1.59. The second-order valence-electron chi connectivity index (χ2n) is 5.91. The highest BCUT2D eigenvalue weighted by atomic mass is 35.5. The van der Waals surface area contributed by atoms with E-state index in [1.54, 1.807) is 11.3 Å². The van der Waals surface area contributed by atoms with Crippen molar-refractivity contribution in [3.05, 3.63) is 16.0 Å². The number of nitriles is 1. The van der Waals surface area contributed by atoms with Crippen molar-refractivity contribution in [2.75, 3.05) is 25.0 Å². The first-order valence-corrected chi connectivity index (χ1v) is 8.66. The maximum atomic E-state index is 12.2. The Balaban J connectivity index is 0.00000176. The smallest absolute Gasteiger partial charge is 0.239 e. The Kier molecular flexibility index (Phi) is 6.25. The van der Waals surface area contributed by atoms with Crippen molar-refractivity contribution in [3.63, 3.8) is 0 Å². The van der Waals surface area contributed by atoms with Gasteiger partial charge in [0.2, 0.25) is 5.91 Å². The number of hydrogen-bond donors (Lipinski definition) is 1. The summed E-state index contributed by atoms with van der Waals surface area (Å²) < 4.78 is 0. The predicted octanol–water partition coefficient (Wildman–Crippen LogP) is -0.0730. The summed E-state index contributed by atoms with van der Waals surface area (Å²) in [4.78, 5) is 15.8. The fourth-order valence-corrected chi connectivity index (χ4v) is 4.53. The van der Waals surface area contributed by atoms with E-state index < -0.39 is 0 Å². The highest BCUT2D eigenvalue weighted by Gasteiger charge is 2.23. The van der Waals surface area contributed by atoms with Crippen LogP contribution in [0.5, 0.6) is 0 Å². The topological polar surface area (TPSA) is 56.1 Å². The van der Waals surface area contributed by atoms with Gasteiger partial charge in [0, 0.05) is 4.88 Å². The third kappa shape index (κ3) is 3.81. The molecule has 22 heavy (non-hydrogen) atoms. The zero-order valence-electron chi connectivity index (χ0n) is 12.7. The van der Waals surface area contributed by atoms with E-state index in [1.165, 1.54) is 36.1 Å². The van der Waals surface area contributed by atoms with Gasteiger partial charge in [-0.05, 0) is 50.8 Å². The molecule has 1 N–H and O–H groups in total. The molecule has 1 aliphatic carbocycles. The van der Waals surface area contributed by atoms with Crippen LogP contribution in [0.25, 0.3) is 0 Å². The number of anilines is 1. The maximum Gasteiger partial charge on any atom is 0.239 e. The van der Waals surface area contributed by atoms with Crippen molar-refractivity contribution in [2.24, 2.45) is 0 Å². The number of nitrogens with zero attached hydrogens (tertiary/aromatic N) is 2. The highest BCUT2D eigenvalue weighted by molar-refractivity contribution is 7.16. The lowest BCUT2D eigenvalue weighted by Gasteiger charge is -2.18. The molecule has 1 aliphatic heterocycles. The number of fused-ring (bicyclic) bond motifs is 1. The molecule has 2 aliphatic rings. The van der Waals surface area contributed by atoms with Gasteiger partial charge in [0.05, 0.1) is 12.1 Å². The molecule has 6 heteroatoms. The highest BCUT2D eigenvalue weighted by Crippen LogP contribution is 2.38. The number of rotatable bonds is 3. The second kappa shape index (κ2) is 7.96. The van der Waals surface area contributed by atoms with Gasteiger partial charge in [0.1, 0.15) is 11.1 Å². The summed E-state index contributed by atoms with van der Waals surface area (Å²) in [6.07, 6.45) is 8.09. The second-order valence-corrected chi connectivity index (χ2v) is 7.02. The number of nitrogens with one attached hydrogen (secondary N) is 1. The zero-order valence-corrected chi connectivity index (χ0v) is 14.2. The molecule has 1 amide bonds. The van der Waals surface area contributed by atoms with Crippen LogP contribution in [-0.2, 0) is 17.6 Å². The minimum Gasteiger partial charge on any atom is -1.00 e. The third-order valence-corrected chi connectivity index (χ3v) is 5.56. The molecule has 2 heterocycles. The van der Waals surface area contributed by atoms with Gasteiger partial charge in [-0.1, -0.05) is 12.8 Å². The number of likely N-dealkylation sites (tertiary alicyclic amines) is 1. The number of thiophene rings is 1. The van der Waals surface area contributed by atoms with Gasteiger partial charge < -0.3 is 17.7 Å². The number of hydrogen-bond acceptors (Lipinski definition) is 4. The van der Waals surface area contributed by atoms with Crippen LogP contribution in [0, 0.1) is 11.3 Å². The van der Waals surface area contributed by atoms with Crippen molar-refractivity contribution in [1.82, 2.24) is 4.90 Å². The predicted molar refractivity (Wildman–Crippen MR) is 84.6 cm³/mol. The Morgan fingerprint density at radius 1 is 1.18 bits per heavy atom. The summed E-state index contributed by atoms with van der Waals surface area (Å²) in [5, 5.41) is 13.1. The number of aryl methyl sites for hydroxylation is 1. The molecule has 1 saturated heterocycles. The van der Waals surface area contributed by atoms with E-state index in [9.17, 15) is 10.1 Å². The van der Waals surface area contributed by atoms with E-state index in [0.717, 1.165) is 37.4 Å². The number of carbonyl (C=O) groups excluding carboxylic acids is 1. The van der Waals surface area contributed by atoms with Gasteiger partial charge >= 0.3 is 0 Å². The van der Waals surface area contributed by atoms with Crippen molar-refractivity contribution >= 4 is 22.2 Å². The van der Waals surface area contributed by atoms with Crippen LogP contribution < -0.4 is 17.7 Å². The Bertz CT molecular complexity index is 571. The summed E-state index contributed by atoms with van der Waals surface area (Å²) in [7, 11) is 0. The molecule has 0 unspecified atom stereocenters. The van der Waals surface area contributed by atoms with E-state index in [4.69, 9.17) is 0 Å². The van der Waals surface area contributed by atoms with E-state index in [0.29, 0.717) is 12.1 Å². The standard InChI is InChI=1S/C16H21N3OS.ClH/c17-10-13-12-6-5-7-14(12)21-16(13)18-15(20)11-19-8-3-1-2-4-9-19;/h1-9,11H2,(H,18,20);1H/p-1. The average molecular weight is 339 g/mol. The number of amides is 1. The van der Waals surface area contributed by atoms with E-state index in [1.807, 2.05) is 0 Å². The Hall–Kier alpha value is -1.09. The minimum absolute atomic E-state index is 0. The molecule has 1 fully saturated rings. The number of carbonyl (C=O) groups is 1. The Morgan fingerprint density at radius 2 is 1.91 bits per heavy atom. The quantitative estimate of drug-likeness (QED) is 0.839.